The zero-order valence-corrected chi connectivity index (χ0v) is 15.1. The monoisotopic (exact) mass is 371 g/mol. The van der Waals surface area contributed by atoms with Crippen molar-refractivity contribution in [3.63, 3.8) is 0 Å². The van der Waals surface area contributed by atoms with Crippen molar-refractivity contribution in [2.24, 2.45) is 0 Å². The van der Waals surface area contributed by atoms with Crippen molar-refractivity contribution in [1.29, 1.82) is 0 Å². The molecule has 7 heteroatoms. The number of hydrogen-bond acceptors (Lipinski definition) is 4. The van der Waals surface area contributed by atoms with E-state index in [0.717, 1.165) is 5.69 Å². The molecule has 3 N–H and O–H groups in total. The third kappa shape index (κ3) is 3.53. The van der Waals surface area contributed by atoms with E-state index in [1.165, 1.54) is 31.7 Å². The Bertz CT molecular complexity index is 933. The van der Waals surface area contributed by atoms with Crippen molar-refractivity contribution in [3.05, 3.63) is 48.0 Å². The highest BCUT2D eigenvalue weighted by molar-refractivity contribution is 7.92. The Morgan fingerprint density at radius 2 is 1.65 bits per heavy atom. The van der Waals surface area contributed by atoms with E-state index >= 15 is 0 Å². The summed E-state index contributed by atoms with van der Waals surface area (Å²) in [5.74, 6) is -0.118. The van der Waals surface area contributed by atoms with Crippen molar-refractivity contribution >= 4 is 33.0 Å². The van der Waals surface area contributed by atoms with Crippen LogP contribution >= 0.6 is 0 Å². The van der Waals surface area contributed by atoms with E-state index in [1.807, 2.05) is 12.1 Å². The number of carbonyl (C=O) groups is 1. The molecule has 1 fully saturated rings. The molecule has 1 amide bonds. The Kier molecular flexibility index (Phi) is 4.32. The summed E-state index contributed by atoms with van der Waals surface area (Å²) in [5.41, 5.74) is 2.89. The molecule has 6 nitrogen and oxygen atoms in total. The topological polar surface area (TPSA) is 87.3 Å². The van der Waals surface area contributed by atoms with Gasteiger partial charge >= 0.3 is 0 Å². The van der Waals surface area contributed by atoms with E-state index in [-0.39, 0.29) is 17.2 Å². The fourth-order valence-electron chi connectivity index (χ4n) is 3.53. The molecule has 4 rings (SSSR count). The minimum absolute atomic E-state index is 0.118. The molecule has 0 bridgehead atoms. The zero-order chi connectivity index (χ0) is 18.1. The lowest BCUT2D eigenvalue weighted by molar-refractivity contribution is -0.115. The van der Waals surface area contributed by atoms with Gasteiger partial charge in [0.15, 0.2) is 0 Å². The van der Waals surface area contributed by atoms with Crippen LogP contribution in [0.15, 0.2) is 47.4 Å². The Balaban J connectivity index is 1.47. The van der Waals surface area contributed by atoms with Crippen molar-refractivity contribution in [2.75, 3.05) is 15.4 Å². The molecule has 1 aliphatic heterocycles. The van der Waals surface area contributed by atoms with Crippen LogP contribution in [0.25, 0.3) is 0 Å². The first-order chi connectivity index (χ1) is 12.5. The molecule has 0 spiro atoms. The number of carbonyl (C=O) groups excluding carboxylic acids is 1. The molecule has 2 aliphatic rings. The number of hydrogen-bond donors (Lipinski definition) is 3. The van der Waals surface area contributed by atoms with E-state index in [9.17, 15) is 13.2 Å². The summed E-state index contributed by atoms with van der Waals surface area (Å²) < 4.78 is 27.8. The number of anilines is 3. The van der Waals surface area contributed by atoms with Gasteiger partial charge in [-0.15, -0.1) is 0 Å². The Labute approximate surface area is 153 Å². The summed E-state index contributed by atoms with van der Waals surface area (Å²) in [5, 5.41) is 6.18. The van der Waals surface area contributed by atoms with Gasteiger partial charge in [0.2, 0.25) is 5.91 Å². The molecule has 136 valence electrons. The first-order valence-electron chi connectivity index (χ1n) is 8.82. The van der Waals surface area contributed by atoms with E-state index in [0.29, 0.717) is 23.0 Å². The van der Waals surface area contributed by atoms with E-state index in [1.54, 1.807) is 24.3 Å². The predicted octanol–water partition coefficient (Wildman–Crippen LogP) is 3.34. The molecule has 0 aromatic heterocycles. The van der Waals surface area contributed by atoms with Crippen LogP contribution in [0.2, 0.25) is 0 Å². The molecule has 0 saturated heterocycles. The number of benzene rings is 2. The summed E-state index contributed by atoms with van der Waals surface area (Å²) in [7, 11) is -3.70. The fraction of sp³-hybridized carbons (Fsp3) is 0.316. The summed E-state index contributed by atoms with van der Waals surface area (Å²) in [6.07, 6.45) is 5.10. The minimum atomic E-state index is -3.70. The van der Waals surface area contributed by atoms with Crippen molar-refractivity contribution in [1.82, 2.24) is 0 Å². The van der Waals surface area contributed by atoms with Crippen molar-refractivity contribution in [2.45, 2.75) is 43.0 Å². The van der Waals surface area contributed by atoms with Crippen LogP contribution in [0.5, 0.6) is 0 Å². The first-order valence-corrected chi connectivity index (χ1v) is 10.3. The average Bonchev–Trinajstić information content (AvgIpc) is 3.24. The van der Waals surface area contributed by atoms with Crippen molar-refractivity contribution < 1.29 is 13.2 Å². The molecular weight excluding hydrogens is 350 g/mol. The highest BCUT2D eigenvalue weighted by Crippen LogP contribution is 2.27. The number of nitrogens with one attached hydrogen (secondary N) is 3. The third-order valence-electron chi connectivity index (χ3n) is 4.88. The molecule has 2 aromatic rings. The van der Waals surface area contributed by atoms with Gasteiger partial charge in [-0.2, -0.15) is 0 Å². The van der Waals surface area contributed by atoms with Crippen LogP contribution in [0, 0.1) is 0 Å². The molecule has 2 aromatic carbocycles. The van der Waals surface area contributed by atoms with Crippen LogP contribution in [0.1, 0.15) is 31.2 Å². The molecule has 1 heterocycles. The fourth-order valence-corrected chi connectivity index (χ4v) is 4.64. The number of amides is 1. The first kappa shape index (κ1) is 16.9. The highest BCUT2D eigenvalue weighted by Gasteiger charge is 2.22. The second kappa shape index (κ2) is 6.64. The molecule has 1 saturated carbocycles. The summed E-state index contributed by atoms with van der Waals surface area (Å²) in [4.78, 5) is 11.6. The van der Waals surface area contributed by atoms with Crippen LogP contribution in [0.3, 0.4) is 0 Å². The van der Waals surface area contributed by atoms with E-state index < -0.39 is 10.0 Å². The Hall–Kier alpha value is -2.54. The Morgan fingerprint density at radius 1 is 0.962 bits per heavy atom. The van der Waals surface area contributed by atoms with Crippen LogP contribution in [0.4, 0.5) is 17.1 Å². The smallest absolute Gasteiger partial charge is 0.261 e. The molecule has 26 heavy (non-hydrogen) atoms. The lowest BCUT2D eigenvalue weighted by Crippen LogP contribution is -2.15. The third-order valence-corrected chi connectivity index (χ3v) is 6.25. The number of rotatable bonds is 5. The summed E-state index contributed by atoms with van der Waals surface area (Å²) in [6.45, 7) is 0. The van der Waals surface area contributed by atoms with Crippen LogP contribution in [-0.2, 0) is 21.2 Å². The van der Waals surface area contributed by atoms with Crippen LogP contribution in [-0.4, -0.2) is 20.4 Å². The summed E-state index contributed by atoms with van der Waals surface area (Å²) in [6, 6.07) is 12.5. The standard InChI is InChI=1S/C19H21N3O3S/c23-19-12-13-11-17(9-10-18(13)21-19)26(24,25)22-16-7-5-15(6-8-16)20-14-3-1-2-4-14/h5-11,14,20,22H,1-4,12H2,(H,21,23). The summed E-state index contributed by atoms with van der Waals surface area (Å²) >= 11 is 0. The van der Waals surface area contributed by atoms with Gasteiger partial charge in [-0.3, -0.25) is 9.52 Å². The SMILES string of the molecule is O=C1Cc2cc(S(=O)(=O)Nc3ccc(NC4CCCC4)cc3)ccc2N1. The van der Waals surface area contributed by atoms with Crippen LogP contribution < -0.4 is 15.4 Å². The van der Waals surface area contributed by atoms with Gasteiger partial charge in [0.1, 0.15) is 0 Å². The van der Waals surface area contributed by atoms with Gasteiger partial charge < -0.3 is 10.6 Å². The lowest BCUT2D eigenvalue weighted by Gasteiger charge is -2.14. The van der Waals surface area contributed by atoms with Gasteiger partial charge in [0.25, 0.3) is 10.0 Å². The zero-order valence-electron chi connectivity index (χ0n) is 14.3. The van der Waals surface area contributed by atoms with E-state index in [4.69, 9.17) is 0 Å². The maximum atomic E-state index is 12.6. The largest absolute Gasteiger partial charge is 0.382 e. The Morgan fingerprint density at radius 3 is 2.38 bits per heavy atom. The average molecular weight is 371 g/mol. The van der Waals surface area contributed by atoms with Crippen molar-refractivity contribution in [3.8, 4) is 0 Å². The number of sulfonamides is 1. The second-order valence-electron chi connectivity index (χ2n) is 6.85. The lowest BCUT2D eigenvalue weighted by atomic mass is 10.2. The minimum Gasteiger partial charge on any atom is -0.382 e. The van der Waals surface area contributed by atoms with Gasteiger partial charge in [0, 0.05) is 23.1 Å². The van der Waals surface area contributed by atoms with E-state index in [2.05, 4.69) is 15.4 Å². The highest BCUT2D eigenvalue weighted by atomic mass is 32.2. The molecule has 1 aliphatic carbocycles. The normalized spacial score (nSPS) is 17.0. The van der Waals surface area contributed by atoms with Gasteiger partial charge in [-0.05, 0) is 60.9 Å². The number of fused-ring (bicyclic) bond motifs is 1. The predicted molar refractivity (Wildman–Crippen MR) is 102 cm³/mol. The van der Waals surface area contributed by atoms with Gasteiger partial charge in [0.05, 0.1) is 11.3 Å². The quantitative estimate of drug-likeness (QED) is 0.752. The second-order valence-corrected chi connectivity index (χ2v) is 8.53. The molecule has 0 atom stereocenters. The maximum absolute atomic E-state index is 12.6. The molecule has 0 radical (unpaired) electrons. The molecular formula is C19H21N3O3S. The van der Waals surface area contributed by atoms with Gasteiger partial charge in [-0.25, -0.2) is 8.42 Å². The van der Waals surface area contributed by atoms with Gasteiger partial charge in [-0.1, -0.05) is 12.8 Å². The molecule has 0 unspecified atom stereocenters. The maximum Gasteiger partial charge on any atom is 0.261 e.